The minimum atomic E-state index is -0.528. The van der Waals surface area contributed by atoms with Gasteiger partial charge in [0.15, 0.2) is 0 Å². The third-order valence-corrected chi connectivity index (χ3v) is 4.04. The largest absolute Gasteiger partial charge is 0.336 e. The number of nitrogens with one attached hydrogen (secondary N) is 1. The molecule has 1 amide bonds. The Kier molecular flexibility index (Phi) is 4.26. The number of carbonyl (C=O) groups is 1. The lowest BCUT2D eigenvalue weighted by molar-refractivity contribution is -0.385. The van der Waals surface area contributed by atoms with Crippen molar-refractivity contribution in [3.8, 4) is 0 Å². The number of amides is 1. The molecule has 116 valence electrons. The molecular formula is C13H21N5O3. The van der Waals surface area contributed by atoms with Gasteiger partial charge in [-0.25, -0.2) is 0 Å². The standard InChI is InChI=1S/C13H21N5O3/c1-3-4-9-11(18(20)21)10(16-15-9)12(19)17-6-5-13(2,7-14)8-17/h3-8,14H2,1-2H3,(H,15,16). The summed E-state index contributed by atoms with van der Waals surface area (Å²) in [5.41, 5.74) is 5.73. The maximum atomic E-state index is 12.5. The SMILES string of the molecule is CCCc1[nH]nc(C(=O)N2CCC(C)(CN)C2)c1[N+](=O)[O-]. The molecule has 1 aromatic heterocycles. The van der Waals surface area contributed by atoms with Crippen molar-refractivity contribution in [2.24, 2.45) is 11.1 Å². The van der Waals surface area contributed by atoms with E-state index in [1.807, 2.05) is 13.8 Å². The molecule has 0 spiro atoms. The van der Waals surface area contributed by atoms with E-state index in [-0.39, 0.29) is 16.8 Å². The Hall–Kier alpha value is -1.96. The highest BCUT2D eigenvalue weighted by Crippen LogP contribution is 2.31. The zero-order valence-corrected chi connectivity index (χ0v) is 12.4. The van der Waals surface area contributed by atoms with E-state index in [0.717, 1.165) is 12.8 Å². The zero-order chi connectivity index (χ0) is 15.6. The van der Waals surface area contributed by atoms with Crippen molar-refractivity contribution in [3.63, 3.8) is 0 Å². The van der Waals surface area contributed by atoms with Gasteiger partial charge in [-0.15, -0.1) is 0 Å². The Bertz CT molecular complexity index is 556. The molecule has 1 saturated heterocycles. The number of H-pyrrole nitrogens is 1. The predicted molar refractivity (Wildman–Crippen MR) is 76.9 cm³/mol. The number of nitro groups is 1. The zero-order valence-electron chi connectivity index (χ0n) is 12.4. The van der Waals surface area contributed by atoms with Crippen LogP contribution < -0.4 is 5.73 Å². The second-order valence-electron chi connectivity index (χ2n) is 5.90. The maximum absolute atomic E-state index is 12.5. The molecule has 0 aliphatic carbocycles. The topological polar surface area (TPSA) is 118 Å². The fraction of sp³-hybridized carbons (Fsp3) is 0.692. The minimum Gasteiger partial charge on any atom is -0.336 e. The van der Waals surface area contributed by atoms with Crippen molar-refractivity contribution in [3.05, 3.63) is 21.5 Å². The van der Waals surface area contributed by atoms with Crippen molar-refractivity contribution in [1.29, 1.82) is 0 Å². The van der Waals surface area contributed by atoms with Gasteiger partial charge in [0.2, 0.25) is 5.69 Å². The van der Waals surface area contributed by atoms with Gasteiger partial charge < -0.3 is 10.6 Å². The molecule has 0 bridgehead atoms. The molecule has 21 heavy (non-hydrogen) atoms. The van der Waals surface area contributed by atoms with E-state index in [4.69, 9.17) is 5.73 Å². The van der Waals surface area contributed by atoms with Crippen LogP contribution in [0.2, 0.25) is 0 Å². The highest BCUT2D eigenvalue weighted by molar-refractivity contribution is 5.96. The molecule has 1 aromatic rings. The second kappa shape index (κ2) is 5.80. The molecule has 1 atom stereocenters. The maximum Gasteiger partial charge on any atom is 0.322 e. The first-order chi connectivity index (χ1) is 9.91. The number of hydrogen-bond acceptors (Lipinski definition) is 5. The second-order valence-corrected chi connectivity index (χ2v) is 5.90. The summed E-state index contributed by atoms with van der Waals surface area (Å²) in [5.74, 6) is -0.391. The minimum absolute atomic E-state index is 0.0929. The van der Waals surface area contributed by atoms with Gasteiger partial charge in [-0.1, -0.05) is 20.3 Å². The van der Waals surface area contributed by atoms with Crippen LogP contribution in [-0.2, 0) is 6.42 Å². The average molecular weight is 295 g/mol. The lowest BCUT2D eigenvalue weighted by Crippen LogP contribution is -2.34. The number of carbonyl (C=O) groups excluding carboxylic acids is 1. The van der Waals surface area contributed by atoms with E-state index in [2.05, 4.69) is 10.2 Å². The highest BCUT2D eigenvalue weighted by Gasteiger charge is 2.39. The molecule has 2 rings (SSSR count). The van der Waals surface area contributed by atoms with Gasteiger partial charge in [0.25, 0.3) is 5.91 Å². The molecule has 1 aliphatic rings. The number of hydrogen-bond donors (Lipinski definition) is 2. The normalized spacial score (nSPS) is 21.8. The monoisotopic (exact) mass is 295 g/mol. The molecule has 1 unspecified atom stereocenters. The van der Waals surface area contributed by atoms with Crippen LogP contribution in [-0.4, -0.2) is 45.6 Å². The van der Waals surface area contributed by atoms with Gasteiger partial charge in [0.05, 0.1) is 4.92 Å². The van der Waals surface area contributed by atoms with Gasteiger partial charge in [-0.05, 0) is 24.8 Å². The number of rotatable bonds is 5. The molecule has 0 radical (unpaired) electrons. The summed E-state index contributed by atoms with van der Waals surface area (Å²) in [4.78, 5) is 24.8. The summed E-state index contributed by atoms with van der Waals surface area (Å²) in [5, 5.41) is 17.8. The van der Waals surface area contributed by atoms with E-state index in [1.165, 1.54) is 0 Å². The molecule has 3 N–H and O–H groups in total. The quantitative estimate of drug-likeness (QED) is 0.622. The van der Waals surface area contributed by atoms with E-state index in [1.54, 1.807) is 4.90 Å². The van der Waals surface area contributed by atoms with Crippen LogP contribution in [0, 0.1) is 15.5 Å². The summed E-state index contributed by atoms with van der Waals surface area (Å²) in [7, 11) is 0. The van der Waals surface area contributed by atoms with Crippen molar-refractivity contribution in [2.75, 3.05) is 19.6 Å². The summed E-state index contributed by atoms with van der Waals surface area (Å²) < 4.78 is 0. The summed E-state index contributed by atoms with van der Waals surface area (Å²) >= 11 is 0. The van der Waals surface area contributed by atoms with Crippen LogP contribution in [0.3, 0.4) is 0 Å². The average Bonchev–Trinajstić information content (AvgIpc) is 3.03. The number of aryl methyl sites for hydroxylation is 1. The molecule has 1 aliphatic heterocycles. The summed E-state index contributed by atoms with van der Waals surface area (Å²) in [6.07, 6.45) is 2.04. The number of likely N-dealkylation sites (tertiary alicyclic amines) is 1. The smallest absolute Gasteiger partial charge is 0.322 e. The Morgan fingerprint density at radius 2 is 2.33 bits per heavy atom. The molecule has 2 heterocycles. The lowest BCUT2D eigenvalue weighted by Gasteiger charge is -2.21. The van der Waals surface area contributed by atoms with Gasteiger partial charge >= 0.3 is 5.69 Å². The van der Waals surface area contributed by atoms with Gasteiger partial charge in [-0.3, -0.25) is 20.0 Å². The van der Waals surface area contributed by atoms with E-state index in [0.29, 0.717) is 31.7 Å². The number of nitrogens with zero attached hydrogens (tertiary/aromatic N) is 3. The molecule has 8 heteroatoms. The van der Waals surface area contributed by atoms with Gasteiger partial charge in [-0.2, -0.15) is 5.10 Å². The summed E-state index contributed by atoms with van der Waals surface area (Å²) in [6, 6.07) is 0. The third-order valence-electron chi connectivity index (χ3n) is 4.04. The molecule has 1 fully saturated rings. The van der Waals surface area contributed by atoms with Crippen LogP contribution in [0.15, 0.2) is 0 Å². The van der Waals surface area contributed by atoms with Crippen LogP contribution in [0.1, 0.15) is 42.9 Å². The first kappa shape index (κ1) is 15.4. The fourth-order valence-corrected chi connectivity index (χ4v) is 2.66. The van der Waals surface area contributed by atoms with Crippen molar-refractivity contribution in [2.45, 2.75) is 33.1 Å². The Morgan fingerprint density at radius 1 is 1.62 bits per heavy atom. The van der Waals surface area contributed by atoms with Crippen LogP contribution in [0.5, 0.6) is 0 Å². The van der Waals surface area contributed by atoms with Crippen molar-refractivity contribution in [1.82, 2.24) is 15.1 Å². The van der Waals surface area contributed by atoms with E-state index < -0.39 is 10.8 Å². The third kappa shape index (κ3) is 2.90. The Balaban J connectivity index is 2.26. The summed E-state index contributed by atoms with van der Waals surface area (Å²) in [6.45, 7) is 5.48. The molecule has 0 saturated carbocycles. The van der Waals surface area contributed by atoms with Crippen LogP contribution in [0.25, 0.3) is 0 Å². The van der Waals surface area contributed by atoms with E-state index in [9.17, 15) is 14.9 Å². The highest BCUT2D eigenvalue weighted by atomic mass is 16.6. The van der Waals surface area contributed by atoms with Crippen molar-refractivity contribution < 1.29 is 9.72 Å². The molecule has 0 aromatic carbocycles. The van der Waals surface area contributed by atoms with Crippen LogP contribution in [0.4, 0.5) is 5.69 Å². The fourth-order valence-electron chi connectivity index (χ4n) is 2.66. The molecular weight excluding hydrogens is 274 g/mol. The Morgan fingerprint density at radius 3 is 2.86 bits per heavy atom. The molecule has 8 nitrogen and oxygen atoms in total. The number of aromatic nitrogens is 2. The Labute approximate surface area is 122 Å². The first-order valence-corrected chi connectivity index (χ1v) is 7.13. The first-order valence-electron chi connectivity index (χ1n) is 7.13. The van der Waals surface area contributed by atoms with Crippen molar-refractivity contribution >= 4 is 11.6 Å². The lowest BCUT2D eigenvalue weighted by atomic mass is 9.90. The van der Waals surface area contributed by atoms with E-state index >= 15 is 0 Å². The van der Waals surface area contributed by atoms with Gasteiger partial charge in [0.1, 0.15) is 5.69 Å². The van der Waals surface area contributed by atoms with Crippen LogP contribution >= 0.6 is 0 Å². The number of nitrogens with two attached hydrogens (primary N) is 1. The van der Waals surface area contributed by atoms with Gasteiger partial charge in [0, 0.05) is 13.1 Å². The predicted octanol–water partition coefficient (Wildman–Crippen LogP) is 1.08. The number of aromatic amines is 1.